The van der Waals surface area contributed by atoms with E-state index in [1.54, 1.807) is 7.05 Å². The summed E-state index contributed by atoms with van der Waals surface area (Å²) in [7, 11) is 3.03. The van der Waals surface area contributed by atoms with E-state index in [9.17, 15) is 9.59 Å². The summed E-state index contributed by atoms with van der Waals surface area (Å²) in [5.41, 5.74) is 5.57. The minimum Gasteiger partial charge on any atom is -0.393 e. The van der Waals surface area contributed by atoms with Gasteiger partial charge in [0.25, 0.3) is 5.56 Å². The first kappa shape index (κ1) is 11.3. The van der Waals surface area contributed by atoms with Gasteiger partial charge in [0.05, 0.1) is 5.69 Å². The van der Waals surface area contributed by atoms with Crippen LogP contribution in [-0.2, 0) is 20.5 Å². The molecule has 0 saturated heterocycles. The van der Waals surface area contributed by atoms with Crippen molar-refractivity contribution in [1.82, 2.24) is 9.13 Å². The summed E-state index contributed by atoms with van der Waals surface area (Å²) >= 11 is 0. The Morgan fingerprint density at radius 1 is 1.27 bits per heavy atom. The third-order valence-electron chi connectivity index (χ3n) is 2.37. The highest BCUT2D eigenvalue weighted by Gasteiger charge is 2.10. The molecule has 1 aromatic heterocycles. The van der Waals surface area contributed by atoms with Crippen LogP contribution in [0.15, 0.2) is 21.7 Å². The predicted octanol–water partition coefficient (Wildman–Crippen LogP) is -0.215. The Labute approximate surface area is 87.5 Å². The average Bonchev–Trinajstić information content (AvgIpc) is 2.24. The molecule has 15 heavy (non-hydrogen) atoms. The molecular formula is C10H15N3O2. The number of hydrogen-bond donors (Lipinski definition) is 1. The van der Waals surface area contributed by atoms with Gasteiger partial charge in [0.1, 0.15) is 5.69 Å². The molecule has 0 atom stereocenters. The molecule has 0 aliphatic rings. The van der Waals surface area contributed by atoms with E-state index >= 15 is 0 Å². The van der Waals surface area contributed by atoms with Gasteiger partial charge in [0, 0.05) is 20.5 Å². The fourth-order valence-electron chi connectivity index (χ4n) is 1.39. The van der Waals surface area contributed by atoms with Crippen LogP contribution in [0, 0.1) is 0 Å². The monoisotopic (exact) mass is 209 g/mol. The van der Waals surface area contributed by atoms with Crippen LogP contribution in [0.4, 0.5) is 5.69 Å². The maximum absolute atomic E-state index is 11.6. The van der Waals surface area contributed by atoms with Crippen LogP contribution in [-0.4, -0.2) is 9.13 Å². The Morgan fingerprint density at radius 3 is 2.40 bits per heavy atom. The lowest BCUT2D eigenvalue weighted by Crippen LogP contribution is -2.40. The Kier molecular flexibility index (Phi) is 3.14. The van der Waals surface area contributed by atoms with Crippen LogP contribution in [0.2, 0.25) is 0 Å². The van der Waals surface area contributed by atoms with Crippen molar-refractivity contribution in [1.29, 1.82) is 0 Å². The Bertz CT molecular complexity index is 471. The number of rotatable bonds is 2. The van der Waals surface area contributed by atoms with Crippen LogP contribution in [0.5, 0.6) is 0 Å². The van der Waals surface area contributed by atoms with Gasteiger partial charge in [0.15, 0.2) is 0 Å². The van der Waals surface area contributed by atoms with Gasteiger partial charge in [-0.3, -0.25) is 13.9 Å². The third-order valence-corrected chi connectivity index (χ3v) is 2.37. The molecule has 0 fully saturated rings. The number of hydrogen-bond acceptors (Lipinski definition) is 3. The van der Waals surface area contributed by atoms with Crippen molar-refractivity contribution in [3.05, 3.63) is 38.7 Å². The molecule has 1 aromatic rings. The van der Waals surface area contributed by atoms with Crippen LogP contribution < -0.4 is 17.0 Å². The predicted molar refractivity (Wildman–Crippen MR) is 59.9 cm³/mol. The molecule has 5 heteroatoms. The van der Waals surface area contributed by atoms with Gasteiger partial charge >= 0.3 is 5.69 Å². The van der Waals surface area contributed by atoms with Gasteiger partial charge < -0.3 is 5.73 Å². The summed E-state index contributed by atoms with van der Waals surface area (Å²) in [4.78, 5) is 23.1. The van der Waals surface area contributed by atoms with Crippen molar-refractivity contribution >= 4 is 5.69 Å². The normalized spacial score (nSPS) is 11.1. The topological polar surface area (TPSA) is 70.0 Å². The quantitative estimate of drug-likeness (QED) is 0.685. The van der Waals surface area contributed by atoms with E-state index < -0.39 is 5.56 Å². The second kappa shape index (κ2) is 4.16. The third kappa shape index (κ3) is 1.86. The molecule has 82 valence electrons. The van der Waals surface area contributed by atoms with Gasteiger partial charge in [-0.2, -0.15) is 0 Å². The van der Waals surface area contributed by atoms with Gasteiger partial charge in [-0.25, -0.2) is 4.79 Å². The molecule has 2 N–H and O–H groups in total. The maximum atomic E-state index is 11.6. The highest BCUT2D eigenvalue weighted by molar-refractivity contribution is 5.41. The number of nitrogen functional groups attached to an aromatic ring is 1. The summed E-state index contributed by atoms with van der Waals surface area (Å²) in [5.74, 6) is 0. The molecule has 5 nitrogen and oxygen atoms in total. The van der Waals surface area contributed by atoms with Crippen LogP contribution in [0.1, 0.15) is 12.6 Å². The van der Waals surface area contributed by atoms with Gasteiger partial charge in [-0.1, -0.05) is 12.2 Å². The first-order chi connectivity index (χ1) is 7.00. The van der Waals surface area contributed by atoms with Gasteiger partial charge in [-0.15, -0.1) is 0 Å². The summed E-state index contributed by atoms with van der Waals surface area (Å²) in [6, 6.07) is 0. The largest absolute Gasteiger partial charge is 0.393 e. The van der Waals surface area contributed by atoms with E-state index in [1.807, 2.05) is 19.1 Å². The molecule has 0 amide bonds. The highest BCUT2D eigenvalue weighted by atomic mass is 16.2. The van der Waals surface area contributed by atoms with E-state index in [2.05, 4.69) is 0 Å². The second-order valence-corrected chi connectivity index (χ2v) is 3.34. The summed E-state index contributed by atoms with van der Waals surface area (Å²) < 4.78 is 2.41. The Morgan fingerprint density at radius 2 is 1.87 bits per heavy atom. The molecule has 0 aromatic carbocycles. The molecule has 0 aliphatic heterocycles. The average molecular weight is 209 g/mol. The van der Waals surface area contributed by atoms with Crippen molar-refractivity contribution in [3.63, 3.8) is 0 Å². The van der Waals surface area contributed by atoms with E-state index in [0.717, 1.165) is 4.57 Å². The van der Waals surface area contributed by atoms with Crippen molar-refractivity contribution < 1.29 is 0 Å². The molecular weight excluding hydrogens is 194 g/mol. The number of anilines is 1. The van der Waals surface area contributed by atoms with Crippen molar-refractivity contribution in [2.45, 2.75) is 13.3 Å². The second-order valence-electron chi connectivity index (χ2n) is 3.34. The van der Waals surface area contributed by atoms with E-state index in [-0.39, 0.29) is 11.4 Å². The van der Waals surface area contributed by atoms with Gasteiger partial charge in [0.2, 0.25) is 0 Å². The lowest BCUT2D eigenvalue weighted by molar-refractivity contribution is 0.664. The van der Waals surface area contributed by atoms with Crippen LogP contribution in [0.3, 0.4) is 0 Å². The number of aromatic nitrogens is 2. The van der Waals surface area contributed by atoms with Crippen molar-refractivity contribution in [3.8, 4) is 0 Å². The van der Waals surface area contributed by atoms with E-state index in [0.29, 0.717) is 12.1 Å². The van der Waals surface area contributed by atoms with E-state index in [1.165, 1.54) is 11.6 Å². The molecule has 0 aliphatic carbocycles. The highest BCUT2D eigenvalue weighted by Crippen LogP contribution is 2.03. The minimum atomic E-state index is -0.433. The Balaban J connectivity index is 3.53. The standard InChI is InChI=1S/C10H15N3O2/c1-4-5-6-7-8(11)9(14)13(3)10(15)12(7)2/h4-5H,6,11H2,1-3H3. The number of allylic oxidation sites excluding steroid dienone is 2. The first-order valence-corrected chi connectivity index (χ1v) is 4.66. The fraction of sp³-hybridized carbons (Fsp3) is 0.400. The minimum absolute atomic E-state index is 0.137. The summed E-state index contributed by atoms with van der Waals surface area (Å²) in [6.45, 7) is 1.87. The lowest BCUT2D eigenvalue weighted by Gasteiger charge is -2.10. The maximum Gasteiger partial charge on any atom is 0.330 e. The van der Waals surface area contributed by atoms with Crippen molar-refractivity contribution in [2.75, 3.05) is 5.73 Å². The Hall–Kier alpha value is -1.78. The molecule has 0 saturated carbocycles. The molecule has 1 rings (SSSR count). The zero-order valence-electron chi connectivity index (χ0n) is 9.15. The molecule has 0 spiro atoms. The fourth-order valence-corrected chi connectivity index (χ4v) is 1.39. The lowest BCUT2D eigenvalue weighted by atomic mass is 10.2. The number of nitrogens with two attached hydrogens (primary N) is 1. The summed E-state index contributed by atoms with van der Waals surface area (Å²) in [5, 5.41) is 0. The zero-order chi connectivity index (χ0) is 11.6. The molecule has 1 heterocycles. The zero-order valence-corrected chi connectivity index (χ0v) is 9.15. The molecule has 0 bridgehead atoms. The first-order valence-electron chi connectivity index (χ1n) is 4.66. The SMILES string of the molecule is CC=CCc1c(N)c(=O)n(C)c(=O)n1C. The van der Waals surface area contributed by atoms with Crippen molar-refractivity contribution in [2.24, 2.45) is 14.1 Å². The number of nitrogens with zero attached hydrogens (tertiary/aromatic N) is 2. The summed E-state index contributed by atoms with van der Waals surface area (Å²) in [6.07, 6.45) is 4.19. The smallest absolute Gasteiger partial charge is 0.330 e. The van der Waals surface area contributed by atoms with Crippen LogP contribution in [0.25, 0.3) is 0 Å². The molecule has 0 radical (unpaired) electrons. The van der Waals surface area contributed by atoms with Crippen LogP contribution >= 0.6 is 0 Å². The molecule has 0 unspecified atom stereocenters. The van der Waals surface area contributed by atoms with E-state index in [4.69, 9.17) is 5.73 Å². The van der Waals surface area contributed by atoms with Gasteiger partial charge in [-0.05, 0) is 6.92 Å².